The Kier molecular flexibility index (Phi) is 4.30. The van der Waals surface area contributed by atoms with Crippen molar-refractivity contribution in [3.63, 3.8) is 0 Å². The topological polar surface area (TPSA) is 46.5 Å². The standard InChI is InChI=1S/C14H10Cl2O3/c15-10-6-7-11(16)12(8-10)19-13(14(17)18)9-4-2-1-3-5-9/h1-8,13H,(H,17,18)/t13-/m1/s1. The molecule has 0 radical (unpaired) electrons. The normalized spacial score (nSPS) is 11.9. The molecule has 0 saturated heterocycles. The van der Waals surface area contributed by atoms with Gasteiger partial charge in [0.05, 0.1) is 5.02 Å². The van der Waals surface area contributed by atoms with Crippen LogP contribution in [0.25, 0.3) is 0 Å². The Morgan fingerprint density at radius 2 is 1.79 bits per heavy atom. The van der Waals surface area contributed by atoms with E-state index in [9.17, 15) is 9.90 Å². The summed E-state index contributed by atoms with van der Waals surface area (Å²) in [6, 6.07) is 13.3. The van der Waals surface area contributed by atoms with Crippen molar-refractivity contribution in [1.82, 2.24) is 0 Å². The second kappa shape index (κ2) is 5.95. The average molecular weight is 297 g/mol. The van der Waals surface area contributed by atoms with Crippen LogP contribution in [0.1, 0.15) is 11.7 Å². The molecule has 0 unspecified atom stereocenters. The predicted molar refractivity (Wildman–Crippen MR) is 73.9 cm³/mol. The van der Waals surface area contributed by atoms with Crippen LogP contribution in [-0.2, 0) is 4.79 Å². The minimum Gasteiger partial charge on any atom is -0.478 e. The van der Waals surface area contributed by atoms with Gasteiger partial charge >= 0.3 is 5.97 Å². The first-order valence-electron chi connectivity index (χ1n) is 5.47. The van der Waals surface area contributed by atoms with Crippen molar-refractivity contribution in [2.75, 3.05) is 0 Å². The lowest BCUT2D eigenvalue weighted by Gasteiger charge is -2.16. The number of carboxylic acids is 1. The molecule has 0 amide bonds. The van der Waals surface area contributed by atoms with E-state index in [4.69, 9.17) is 27.9 Å². The Labute approximate surface area is 120 Å². The summed E-state index contributed by atoms with van der Waals surface area (Å²) in [6.45, 7) is 0. The monoisotopic (exact) mass is 296 g/mol. The first kappa shape index (κ1) is 13.7. The maximum Gasteiger partial charge on any atom is 0.349 e. The third kappa shape index (κ3) is 3.40. The maximum atomic E-state index is 11.3. The van der Waals surface area contributed by atoms with Gasteiger partial charge in [0.2, 0.25) is 6.10 Å². The van der Waals surface area contributed by atoms with E-state index in [2.05, 4.69) is 0 Å². The Bertz CT molecular complexity index is 584. The minimum absolute atomic E-state index is 0.241. The lowest BCUT2D eigenvalue weighted by atomic mass is 10.1. The van der Waals surface area contributed by atoms with Crippen LogP contribution in [0.15, 0.2) is 48.5 Å². The minimum atomic E-state index is -1.13. The molecule has 0 saturated carbocycles. The van der Waals surface area contributed by atoms with Crippen molar-refractivity contribution in [2.45, 2.75) is 6.10 Å². The second-order valence-corrected chi connectivity index (χ2v) is 4.67. The number of benzene rings is 2. The lowest BCUT2D eigenvalue weighted by Crippen LogP contribution is -2.18. The van der Waals surface area contributed by atoms with E-state index < -0.39 is 12.1 Å². The fourth-order valence-corrected chi connectivity index (χ4v) is 1.91. The zero-order chi connectivity index (χ0) is 13.8. The Morgan fingerprint density at radius 1 is 1.11 bits per heavy atom. The average Bonchev–Trinajstić information content (AvgIpc) is 2.40. The molecule has 0 aromatic heterocycles. The van der Waals surface area contributed by atoms with Crippen LogP contribution in [0.3, 0.4) is 0 Å². The highest BCUT2D eigenvalue weighted by Crippen LogP contribution is 2.31. The highest BCUT2D eigenvalue weighted by atomic mass is 35.5. The van der Waals surface area contributed by atoms with Gasteiger partial charge in [-0.05, 0) is 12.1 Å². The lowest BCUT2D eigenvalue weighted by molar-refractivity contribution is -0.145. The van der Waals surface area contributed by atoms with Crippen LogP contribution >= 0.6 is 23.2 Å². The molecule has 98 valence electrons. The second-order valence-electron chi connectivity index (χ2n) is 3.82. The maximum absolute atomic E-state index is 11.3. The number of aliphatic carboxylic acids is 1. The number of hydrogen-bond acceptors (Lipinski definition) is 2. The van der Waals surface area contributed by atoms with Crippen molar-refractivity contribution in [3.05, 3.63) is 64.1 Å². The van der Waals surface area contributed by atoms with Crippen LogP contribution in [0.2, 0.25) is 10.0 Å². The fraction of sp³-hybridized carbons (Fsp3) is 0.0714. The van der Waals surface area contributed by atoms with Crippen LogP contribution < -0.4 is 4.74 Å². The molecule has 0 fully saturated rings. The molecule has 0 spiro atoms. The smallest absolute Gasteiger partial charge is 0.349 e. The van der Waals surface area contributed by atoms with Crippen molar-refractivity contribution in [2.24, 2.45) is 0 Å². The number of rotatable bonds is 4. The Morgan fingerprint density at radius 3 is 2.42 bits per heavy atom. The zero-order valence-corrected chi connectivity index (χ0v) is 11.2. The van der Waals surface area contributed by atoms with E-state index in [1.54, 1.807) is 42.5 Å². The zero-order valence-electron chi connectivity index (χ0n) is 9.72. The van der Waals surface area contributed by atoms with Gasteiger partial charge in [0.15, 0.2) is 0 Å². The van der Waals surface area contributed by atoms with Gasteiger partial charge in [-0.2, -0.15) is 0 Å². The summed E-state index contributed by atoms with van der Waals surface area (Å²) in [4.78, 5) is 11.3. The SMILES string of the molecule is O=C(O)[C@H](Oc1cc(Cl)ccc1Cl)c1ccccc1. The molecular weight excluding hydrogens is 287 g/mol. The summed E-state index contributed by atoms with van der Waals surface area (Å²) in [5.41, 5.74) is 0.533. The quantitative estimate of drug-likeness (QED) is 0.920. The van der Waals surface area contributed by atoms with Gasteiger partial charge in [0.25, 0.3) is 0 Å². The predicted octanol–water partition coefficient (Wildman–Crippen LogP) is 4.20. The molecule has 1 atom stereocenters. The molecule has 0 aliphatic rings. The van der Waals surface area contributed by atoms with Gasteiger partial charge in [-0.3, -0.25) is 0 Å². The summed E-state index contributed by atoms with van der Waals surface area (Å²) in [7, 11) is 0. The van der Waals surface area contributed by atoms with E-state index in [-0.39, 0.29) is 5.75 Å². The molecule has 3 nitrogen and oxygen atoms in total. The molecule has 0 aliphatic heterocycles. The largest absolute Gasteiger partial charge is 0.478 e. The number of carboxylic acid groups (broad SMARTS) is 1. The first-order valence-corrected chi connectivity index (χ1v) is 6.23. The van der Waals surface area contributed by atoms with Crippen molar-refractivity contribution < 1.29 is 14.6 Å². The molecule has 0 aliphatic carbocycles. The van der Waals surface area contributed by atoms with E-state index in [1.807, 2.05) is 0 Å². The van der Waals surface area contributed by atoms with Crippen LogP contribution in [0.4, 0.5) is 0 Å². The molecule has 5 heteroatoms. The van der Waals surface area contributed by atoms with Gasteiger partial charge < -0.3 is 9.84 Å². The van der Waals surface area contributed by atoms with Crippen LogP contribution in [0, 0.1) is 0 Å². The molecule has 19 heavy (non-hydrogen) atoms. The van der Waals surface area contributed by atoms with Crippen molar-refractivity contribution in [3.8, 4) is 5.75 Å². The summed E-state index contributed by atoms with van der Waals surface area (Å²) < 4.78 is 5.46. The number of halogens is 2. The molecule has 0 heterocycles. The third-order valence-electron chi connectivity index (χ3n) is 2.46. The summed E-state index contributed by atoms with van der Waals surface area (Å²) >= 11 is 11.8. The van der Waals surface area contributed by atoms with Gasteiger partial charge in [-0.1, -0.05) is 53.5 Å². The van der Waals surface area contributed by atoms with Crippen LogP contribution in [0.5, 0.6) is 5.75 Å². The highest BCUT2D eigenvalue weighted by Gasteiger charge is 2.22. The Balaban J connectivity index is 2.32. The molecule has 2 aromatic rings. The fourth-order valence-electron chi connectivity index (χ4n) is 1.58. The first-order chi connectivity index (χ1) is 9.08. The summed E-state index contributed by atoms with van der Waals surface area (Å²) in [5.74, 6) is -0.854. The molecular formula is C14H10Cl2O3. The van der Waals surface area contributed by atoms with Crippen molar-refractivity contribution in [1.29, 1.82) is 0 Å². The molecule has 2 aromatic carbocycles. The third-order valence-corrected chi connectivity index (χ3v) is 3.01. The highest BCUT2D eigenvalue weighted by molar-refractivity contribution is 6.34. The molecule has 1 N–H and O–H groups in total. The van der Waals surface area contributed by atoms with E-state index in [0.29, 0.717) is 15.6 Å². The molecule has 0 bridgehead atoms. The van der Waals surface area contributed by atoms with E-state index in [1.165, 1.54) is 6.07 Å². The Hall–Kier alpha value is -1.71. The number of carbonyl (C=O) groups is 1. The summed E-state index contributed by atoms with van der Waals surface area (Å²) in [5, 5.41) is 9.99. The number of hydrogen-bond donors (Lipinski definition) is 1. The summed E-state index contributed by atoms with van der Waals surface area (Å²) in [6.07, 6.45) is -1.13. The van der Waals surface area contributed by atoms with Crippen molar-refractivity contribution >= 4 is 29.2 Å². The van der Waals surface area contributed by atoms with Gasteiger partial charge in [0, 0.05) is 16.7 Å². The number of ether oxygens (including phenoxy) is 1. The van der Waals surface area contributed by atoms with Gasteiger partial charge in [-0.25, -0.2) is 4.79 Å². The van der Waals surface area contributed by atoms with Crippen LogP contribution in [-0.4, -0.2) is 11.1 Å². The molecule has 2 rings (SSSR count). The van der Waals surface area contributed by atoms with Gasteiger partial charge in [-0.15, -0.1) is 0 Å². The van der Waals surface area contributed by atoms with E-state index >= 15 is 0 Å². The van der Waals surface area contributed by atoms with E-state index in [0.717, 1.165) is 0 Å². The van der Waals surface area contributed by atoms with Gasteiger partial charge in [0.1, 0.15) is 5.75 Å².